The second-order valence-corrected chi connectivity index (χ2v) is 7.72. The first-order valence-corrected chi connectivity index (χ1v) is 11.2. The first-order valence-electron chi connectivity index (χ1n) is 11.2. The minimum atomic E-state index is -0.218. The maximum Gasteiger partial charge on any atom is 0.257 e. The fourth-order valence-corrected chi connectivity index (χ4v) is 3.56. The monoisotopic (exact) mass is 447 g/mol. The quantitative estimate of drug-likeness (QED) is 0.475. The molecule has 1 aromatic carbocycles. The predicted molar refractivity (Wildman–Crippen MR) is 129 cm³/mol. The van der Waals surface area contributed by atoms with E-state index in [0.29, 0.717) is 42.1 Å². The smallest absolute Gasteiger partial charge is 0.257 e. The zero-order valence-electron chi connectivity index (χ0n) is 18.7. The van der Waals surface area contributed by atoms with E-state index in [9.17, 15) is 4.79 Å². The van der Waals surface area contributed by atoms with E-state index in [1.165, 1.54) is 6.20 Å². The van der Waals surface area contributed by atoms with E-state index in [0.717, 1.165) is 38.4 Å². The van der Waals surface area contributed by atoms with E-state index in [1.54, 1.807) is 12.1 Å². The Balaban J connectivity index is 1.43. The van der Waals surface area contributed by atoms with Crippen LogP contribution in [0.25, 0.3) is 0 Å². The highest BCUT2D eigenvalue weighted by Gasteiger charge is 2.20. The van der Waals surface area contributed by atoms with E-state index in [4.69, 9.17) is 5.73 Å². The van der Waals surface area contributed by atoms with Gasteiger partial charge in [0.15, 0.2) is 0 Å². The molecular formula is C23H29N9O. The third-order valence-electron chi connectivity index (χ3n) is 5.38. The zero-order valence-corrected chi connectivity index (χ0v) is 18.7. The summed E-state index contributed by atoms with van der Waals surface area (Å²) in [6.45, 7) is 7.14. The number of para-hydroxylation sites is 1. The van der Waals surface area contributed by atoms with Crippen molar-refractivity contribution in [2.75, 3.05) is 54.8 Å². The summed E-state index contributed by atoms with van der Waals surface area (Å²) in [5.41, 5.74) is 6.87. The van der Waals surface area contributed by atoms with Crippen LogP contribution in [-0.4, -0.2) is 70.0 Å². The van der Waals surface area contributed by atoms with Crippen molar-refractivity contribution in [3.63, 3.8) is 0 Å². The maximum atomic E-state index is 12.4. The second kappa shape index (κ2) is 10.8. The van der Waals surface area contributed by atoms with Crippen molar-refractivity contribution >= 4 is 29.3 Å². The molecule has 1 aliphatic heterocycles. The number of nitrogens with two attached hydrogens (primary N) is 1. The molecule has 33 heavy (non-hydrogen) atoms. The van der Waals surface area contributed by atoms with Crippen LogP contribution in [0.15, 0.2) is 48.7 Å². The molecule has 0 bridgehead atoms. The predicted octanol–water partition coefficient (Wildman–Crippen LogP) is 1.91. The highest BCUT2D eigenvalue weighted by molar-refractivity contribution is 6.04. The molecule has 4 N–H and O–H groups in total. The molecule has 1 amide bonds. The number of nitrogens with one attached hydrogen (secondary N) is 2. The summed E-state index contributed by atoms with van der Waals surface area (Å²) in [6, 6.07) is 12.8. The largest absolute Gasteiger partial charge is 0.338 e. The number of amides is 1. The van der Waals surface area contributed by atoms with Crippen molar-refractivity contribution in [2.24, 2.45) is 5.73 Å². The Hall–Kier alpha value is -3.63. The van der Waals surface area contributed by atoms with Gasteiger partial charge in [0, 0.05) is 57.6 Å². The summed E-state index contributed by atoms with van der Waals surface area (Å²) in [5, 5.41) is 5.99. The van der Waals surface area contributed by atoms with Crippen molar-refractivity contribution in [1.29, 1.82) is 0 Å². The third kappa shape index (κ3) is 5.99. The van der Waals surface area contributed by atoms with Crippen LogP contribution < -0.4 is 21.3 Å². The molecule has 0 saturated carbocycles. The molecule has 0 atom stereocenters. The van der Waals surface area contributed by atoms with Gasteiger partial charge in [-0.25, -0.2) is 4.98 Å². The topological polar surface area (TPSA) is 125 Å². The lowest BCUT2D eigenvalue weighted by molar-refractivity contribution is 0.102. The van der Waals surface area contributed by atoms with Crippen molar-refractivity contribution in [3.8, 4) is 0 Å². The number of piperazine rings is 1. The number of anilines is 4. The summed E-state index contributed by atoms with van der Waals surface area (Å²) in [7, 11) is 0. The number of carbonyl (C=O) groups excluding carboxylic acids is 1. The van der Waals surface area contributed by atoms with Crippen molar-refractivity contribution < 1.29 is 4.79 Å². The molecule has 10 nitrogen and oxygen atoms in total. The zero-order chi connectivity index (χ0) is 23.0. The second-order valence-electron chi connectivity index (χ2n) is 7.72. The number of hydrogen-bond donors (Lipinski definition) is 3. The number of benzene rings is 1. The SMILES string of the molecule is CCc1nc(Nc2ccc(C(=O)Nc3ccccc3)cn2)nc(N2CCN(CCN)CC2)n1. The molecule has 0 aliphatic carbocycles. The molecular weight excluding hydrogens is 418 g/mol. The van der Waals surface area contributed by atoms with E-state index in [1.807, 2.05) is 37.3 Å². The average molecular weight is 448 g/mol. The fourth-order valence-electron chi connectivity index (χ4n) is 3.56. The van der Waals surface area contributed by atoms with Gasteiger partial charge in [-0.05, 0) is 24.3 Å². The van der Waals surface area contributed by atoms with Gasteiger partial charge in [-0.3, -0.25) is 9.69 Å². The van der Waals surface area contributed by atoms with Gasteiger partial charge in [0.2, 0.25) is 11.9 Å². The number of carbonyl (C=O) groups is 1. The summed E-state index contributed by atoms with van der Waals surface area (Å²) >= 11 is 0. The lowest BCUT2D eigenvalue weighted by atomic mass is 10.2. The summed E-state index contributed by atoms with van der Waals surface area (Å²) in [5.74, 6) is 2.15. The lowest BCUT2D eigenvalue weighted by Gasteiger charge is -2.34. The normalized spacial score (nSPS) is 14.2. The molecule has 10 heteroatoms. The minimum absolute atomic E-state index is 0.218. The van der Waals surface area contributed by atoms with Gasteiger partial charge in [-0.2, -0.15) is 15.0 Å². The molecule has 2 aromatic heterocycles. The van der Waals surface area contributed by atoms with Gasteiger partial charge in [-0.1, -0.05) is 25.1 Å². The standard InChI is InChI=1S/C23H29N9O/c1-2-19-27-22(30-23(29-19)32-14-12-31(11-10-24)13-15-32)28-20-9-8-17(16-25-20)21(33)26-18-6-4-3-5-7-18/h3-9,16H,2,10-15,24H2,1H3,(H,26,33)(H,25,27,28,29,30). The van der Waals surface area contributed by atoms with E-state index >= 15 is 0 Å². The van der Waals surface area contributed by atoms with Crippen LogP contribution in [0.2, 0.25) is 0 Å². The molecule has 0 radical (unpaired) electrons. The van der Waals surface area contributed by atoms with Crippen LogP contribution in [-0.2, 0) is 6.42 Å². The van der Waals surface area contributed by atoms with Gasteiger partial charge in [0.05, 0.1) is 5.56 Å². The molecule has 3 heterocycles. The summed E-state index contributed by atoms with van der Waals surface area (Å²) < 4.78 is 0. The van der Waals surface area contributed by atoms with Crippen LogP contribution in [0, 0.1) is 0 Å². The molecule has 0 unspecified atom stereocenters. The Morgan fingerprint density at radius 3 is 2.48 bits per heavy atom. The van der Waals surface area contributed by atoms with Crippen LogP contribution in [0.4, 0.5) is 23.4 Å². The summed E-state index contributed by atoms with van der Waals surface area (Å²) in [6.07, 6.45) is 2.23. The van der Waals surface area contributed by atoms with Gasteiger partial charge < -0.3 is 21.3 Å². The Morgan fingerprint density at radius 1 is 1.03 bits per heavy atom. The van der Waals surface area contributed by atoms with Crippen LogP contribution >= 0.6 is 0 Å². The number of rotatable bonds is 8. The Morgan fingerprint density at radius 2 is 1.82 bits per heavy atom. The number of aromatic nitrogens is 4. The third-order valence-corrected chi connectivity index (χ3v) is 5.38. The van der Waals surface area contributed by atoms with Gasteiger partial charge in [0.25, 0.3) is 5.91 Å². The van der Waals surface area contributed by atoms with Gasteiger partial charge >= 0.3 is 0 Å². The van der Waals surface area contributed by atoms with E-state index < -0.39 is 0 Å². The number of hydrogen-bond acceptors (Lipinski definition) is 9. The Kier molecular flexibility index (Phi) is 7.38. The molecule has 4 rings (SSSR count). The molecule has 1 aliphatic rings. The first kappa shape index (κ1) is 22.6. The number of aryl methyl sites for hydroxylation is 1. The minimum Gasteiger partial charge on any atom is -0.338 e. The molecule has 1 saturated heterocycles. The van der Waals surface area contributed by atoms with Gasteiger partial charge in [-0.15, -0.1) is 0 Å². The Bertz CT molecular complexity index is 1050. The summed E-state index contributed by atoms with van der Waals surface area (Å²) in [4.78, 5) is 35.0. The fraction of sp³-hybridized carbons (Fsp3) is 0.348. The highest BCUT2D eigenvalue weighted by atomic mass is 16.1. The van der Waals surface area contributed by atoms with E-state index in [2.05, 4.69) is 40.4 Å². The van der Waals surface area contributed by atoms with Gasteiger partial charge in [0.1, 0.15) is 11.6 Å². The Labute approximate surface area is 193 Å². The van der Waals surface area contributed by atoms with Crippen molar-refractivity contribution in [3.05, 3.63) is 60.0 Å². The number of nitrogens with zero attached hydrogens (tertiary/aromatic N) is 6. The number of pyridine rings is 1. The van der Waals surface area contributed by atoms with Crippen molar-refractivity contribution in [2.45, 2.75) is 13.3 Å². The lowest BCUT2D eigenvalue weighted by Crippen LogP contribution is -2.48. The maximum absolute atomic E-state index is 12.4. The van der Waals surface area contributed by atoms with Crippen molar-refractivity contribution in [1.82, 2.24) is 24.8 Å². The van der Waals surface area contributed by atoms with Crippen LogP contribution in [0.1, 0.15) is 23.1 Å². The molecule has 0 spiro atoms. The molecule has 172 valence electrons. The molecule has 1 fully saturated rings. The van der Waals surface area contributed by atoms with Crippen LogP contribution in [0.3, 0.4) is 0 Å². The highest BCUT2D eigenvalue weighted by Crippen LogP contribution is 2.17. The van der Waals surface area contributed by atoms with Crippen LogP contribution in [0.5, 0.6) is 0 Å². The first-order chi connectivity index (χ1) is 16.1. The van der Waals surface area contributed by atoms with E-state index in [-0.39, 0.29) is 5.91 Å². The average Bonchev–Trinajstić information content (AvgIpc) is 2.85. The molecule has 3 aromatic rings.